The zero-order valence-electron chi connectivity index (χ0n) is 10.2. The molecule has 1 aliphatic heterocycles. The number of aliphatic carboxylic acids is 1. The van der Waals surface area contributed by atoms with Crippen LogP contribution in [0, 0.1) is 11.8 Å². The lowest BCUT2D eigenvalue weighted by Gasteiger charge is -2.23. The maximum atomic E-state index is 12.2. The molecule has 2 aliphatic rings. The predicted molar refractivity (Wildman–Crippen MR) is 62.7 cm³/mol. The van der Waals surface area contributed by atoms with E-state index in [0.717, 1.165) is 0 Å². The highest BCUT2D eigenvalue weighted by molar-refractivity contribution is 5.82. The Labute approximate surface area is 105 Å². The van der Waals surface area contributed by atoms with Crippen molar-refractivity contribution in [2.75, 3.05) is 19.6 Å². The molecule has 1 saturated heterocycles. The average Bonchev–Trinajstić information content (AvgIpc) is 2.73. The van der Waals surface area contributed by atoms with E-state index < -0.39 is 5.97 Å². The summed E-state index contributed by atoms with van der Waals surface area (Å²) >= 11 is 0. The molecule has 2 fully saturated rings. The molecule has 6 nitrogen and oxygen atoms in total. The van der Waals surface area contributed by atoms with Gasteiger partial charge in [0.15, 0.2) is 0 Å². The molecule has 1 saturated carbocycles. The fourth-order valence-corrected chi connectivity index (χ4v) is 2.68. The van der Waals surface area contributed by atoms with Crippen LogP contribution in [0.1, 0.15) is 25.7 Å². The first-order valence-corrected chi connectivity index (χ1v) is 6.36. The van der Waals surface area contributed by atoms with Crippen LogP contribution in [0.25, 0.3) is 0 Å². The van der Waals surface area contributed by atoms with Crippen molar-refractivity contribution in [1.82, 2.24) is 10.2 Å². The highest BCUT2D eigenvalue weighted by Gasteiger charge is 2.36. The molecule has 6 heteroatoms. The van der Waals surface area contributed by atoms with Crippen molar-refractivity contribution in [2.45, 2.75) is 25.7 Å². The third-order valence-electron chi connectivity index (χ3n) is 3.76. The maximum Gasteiger partial charge on any atom is 0.306 e. The number of carboxylic acids is 1. The van der Waals surface area contributed by atoms with Gasteiger partial charge in [-0.05, 0) is 19.3 Å². The van der Waals surface area contributed by atoms with Gasteiger partial charge in [-0.1, -0.05) is 0 Å². The molecule has 2 N–H and O–H groups in total. The van der Waals surface area contributed by atoms with Gasteiger partial charge in [-0.25, -0.2) is 0 Å². The minimum Gasteiger partial charge on any atom is -0.481 e. The van der Waals surface area contributed by atoms with E-state index in [1.165, 1.54) is 0 Å². The number of hydrogen-bond acceptors (Lipinski definition) is 3. The van der Waals surface area contributed by atoms with Gasteiger partial charge < -0.3 is 15.3 Å². The second kappa shape index (κ2) is 5.37. The molecule has 0 spiro atoms. The summed E-state index contributed by atoms with van der Waals surface area (Å²) < 4.78 is 0. The lowest BCUT2D eigenvalue weighted by molar-refractivity contribution is -0.141. The minimum absolute atomic E-state index is 0.00949. The smallest absolute Gasteiger partial charge is 0.306 e. The molecule has 2 amide bonds. The maximum absolute atomic E-state index is 12.2. The molecule has 2 rings (SSSR count). The van der Waals surface area contributed by atoms with Crippen LogP contribution in [0.15, 0.2) is 0 Å². The summed E-state index contributed by atoms with van der Waals surface area (Å²) in [6.07, 6.45) is 2.00. The van der Waals surface area contributed by atoms with Crippen molar-refractivity contribution in [3.8, 4) is 0 Å². The number of nitrogens with zero attached hydrogens (tertiary/aromatic N) is 1. The average molecular weight is 254 g/mol. The van der Waals surface area contributed by atoms with Crippen LogP contribution in [0.2, 0.25) is 0 Å². The molecule has 0 bridgehead atoms. The zero-order chi connectivity index (χ0) is 13.1. The normalized spacial score (nSPS) is 28.7. The largest absolute Gasteiger partial charge is 0.481 e. The number of nitrogens with one attached hydrogen (secondary N) is 1. The third-order valence-corrected chi connectivity index (χ3v) is 3.76. The summed E-state index contributed by atoms with van der Waals surface area (Å²) in [7, 11) is 0. The highest BCUT2D eigenvalue weighted by Crippen LogP contribution is 2.32. The monoisotopic (exact) mass is 254 g/mol. The van der Waals surface area contributed by atoms with Gasteiger partial charge in [0, 0.05) is 32.0 Å². The topological polar surface area (TPSA) is 86.7 Å². The van der Waals surface area contributed by atoms with Crippen molar-refractivity contribution < 1.29 is 19.5 Å². The van der Waals surface area contributed by atoms with E-state index in [4.69, 9.17) is 5.11 Å². The summed E-state index contributed by atoms with van der Waals surface area (Å²) in [5, 5.41) is 11.6. The molecular formula is C12H18N2O4. The van der Waals surface area contributed by atoms with Gasteiger partial charge >= 0.3 is 5.97 Å². The summed E-state index contributed by atoms with van der Waals surface area (Å²) in [6.45, 7) is 1.46. The van der Waals surface area contributed by atoms with E-state index in [1.54, 1.807) is 4.90 Å². The van der Waals surface area contributed by atoms with Crippen LogP contribution in [-0.4, -0.2) is 47.4 Å². The standard InChI is InChI=1S/C12H18N2O4/c15-10-3-5-14(6-4-13-10)11(16)8-1-2-9(7-8)12(17)18/h8-9H,1-7H2,(H,13,15)(H,17,18)/t8-,9+/m1/s1. The van der Waals surface area contributed by atoms with Gasteiger partial charge in [-0.2, -0.15) is 0 Å². The first-order chi connectivity index (χ1) is 8.58. The second-order valence-corrected chi connectivity index (χ2v) is 4.97. The van der Waals surface area contributed by atoms with Crippen molar-refractivity contribution in [3.63, 3.8) is 0 Å². The van der Waals surface area contributed by atoms with Crippen molar-refractivity contribution >= 4 is 17.8 Å². The van der Waals surface area contributed by atoms with Crippen LogP contribution in [0.5, 0.6) is 0 Å². The van der Waals surface area contributed by atoms with E-state index >= 15 is 0 Å². The molecule has 2 atom stereocenters. The minimum atomic E-state index is -0.807. The summed E-state index contributed by atoms with van der Waals surface area (Å²) in [5.74, 6) is -1.39. The summed E-state index contributed by atoms with van der Waals surface area (Å²) in [4.78, 5) is 36.0. The molecule has 100 valence electrons. The highest BCUT2D eigenvalue weighted by atomic mass is 16.4. The Morgan fingerprint density at radius 1 is 1.22 bits per heavy atom. The van der Waals surface area contributed by atoms with Crippen molar-refractivity contribution in [1.29, 1.82) is 0 Å². The van der Waals surface area contributed by atoms with Crippen molar-refractivity contribution in [3.05, 3.63) is 0 Å². The Hall–Kier alpha value is -1.59. The fraction of sp³-hybridized carbons (Fsp3) is 0.750. The molecular weight excluding hydrogens is 236 g/mol. The first-order valence-electron chi connectivity index (χ1n) is 6.36. The third kappa shape index (κ3) is 2.80. The number of carboxylic acid groups (broad SMARTS) is 1. The van der Waals surface area contributed by atoms with Crippen LogP contribution < -0.4 is 5.32 Å². The van der Waals surface area contributed by atoms with E-state index in [1.807, 2.05) is 0 Å². The van der Waals surface area contributed by atoms with Gasteiger partial charge in [-0.15, -0.1) is 0 Å². The van der Waals surface area contributed by atoms with E-state index in [9.17, 15) is 14.4 Å². The van der Waals surface area contributed by atoms with Gasteiger partial charge in [-0.3, -0.25) is 14.4 Å². The first kappa shape index (κ1) is 12.9. The molecule has 1 heterocycles. The fourth-order valence-electron chi connectivity index (χ4n) is 2.68. The summed E-state index contributed by atoms with van der Waals surface area (Å²) in [6, 6.07) is 0. The van der Waals surface area contributed by atoms with Gasteiger partial charge in [0.05, 0.1) is 5.92 Å². The summed E-state index contributed by atoms with van der Waals surface area (Å²) in [5.41, 5.74) is 0. The molecule has 0 aromatic carbocycles. The quantitative estimate of drug-likeness (QED) is 0.716. The molecule has 0 unspecified atom stereocenters. The van der Waals surface area contributed by atoms with Crippen molar-refractivity contribution in [2.24, 2.45) is 11.8 Å². The van der Waals surface area contributed by atoms with E-state index in [0.29, 0.717) is 45.3 Å². The second-order valence-electron chi connectivity index (χ2n) is 4.97. The Kier molecular flexibility index (Phi) is 3.84. The number of carbonyl (C=O) groups is 3. The van der Waals surface area contributed by atoms with Gasteiger partial charge in [0.25, 0.3) is 0 Å². The zero-order valence-corrected chi connectivity index (χ0v) is 10.2. The Bertz CT molecular complexity index is 369. The van der Waals surface area contributed by atoms with Crippen LogP contribution in [0.3, 0.4) is 0 Å². The molecule has 0 aromatic rings. The molecule has 1 aliphatic carbocycles. The Balaban J connectivity index is 1.91. The van der Waals surface area contributed by atoms with Crippen LogP contribution in [0.4, 0.5) is 0 Å². The predicted octanol–water partition coefficient (Wildman–Crippen LogP) is -0.164. The SMILES string of the molecule is O=C1CCN(C(=O)[C@@H]2CC[C@H](C(=O)O)C2)CCN1. The molecule has 18 heavy (non-hydrogen) atoms. The van der Waals surface area contributed by atoms with Gasteiger partial charge in [0.1, 0.15) is 0 Å². The number of carbonyl (C=O) groups excluding carboxylic acids is 2. The van der Waals surface area contributed by atoms with Gasteiger partial charge in [0.2, 0.25) is 11.8 Å². The number of amides is 2. The number of rotatable bonds is 2. The Morgan fingerprint density at radius 2 is 1.94 bits per heavy atom. The molecule has 0 aromatic heterocycles. The lowest BCUT2D eigenvalue weighted by Crippen LogP contribution is -2.38. The molecule has 0 radical (unpaired) electrons. The lowest BCUT2D eigenvalue weighted by atomic mass is 10.0. The number of hydrogen-bond donors (Lipinski definition) is 2. The van der Waals surface area contributed by atoms with E-state index in [2.05, 4.69) is 5.32 Å². The Morgan fingerprint density at radius 3 is 2.61 bits per heavy atom. The van der Waals surface area contributed by atoms with E-state index in [-0.39, 0.29) is 23.7 Å². The van der Waals surface area contributed by atoms with Crippen LogP contribution in [-0.2, 0) is 14.4 Å². The van der Waals surface area contributed by atoms with Crippen LogP contribution >= 0.6 is 0 Å².